The van der Waals surface area contributed by atoms with E-state index in [0.717, 1.165) is 26.2 Å². The predicted octanol–water partition coefficient (Wildman–Crippen LogP) is 0.953. The van der Waals surface area contributed by atoms with Gasteiger partial charge >= 0.3 is 0 Å². The molecule has 0 aromatic heterocycles. The van der Waals surface area contributed by atoms with Crippen molar-refractivity contribution in [3.63, 3.8) is 0 Å². The molecule has 7 heteroatoms. The number of thioether (sulfide) groups is 1. The fourth-order valence-electron chi connectivity index (χ4n) is 2.16. The van der Waals surface area contributed by atoms with Crippen LogP contribution in [0.2, 0.25) is 0 Å². The molecule has 20 heavy (non-hydrogen) atoms. The van der Waals surface area contributed by atoms with Crippen molar-refractivity contribution in [3.05, 3.63) is 34.4 Å². The first-order valence-corrected chi connectivity index (χ1v) is 7.62. The maximum absolute atomic E-state index is 10.9. The Bertz CT molecular complexity index is 452. The number of benzene rings is 1. The van der Waals surface area contributed by atoms with Gasteiger partial charge in [0, 0.05) is 44.5 Å². The zero-order valence-electron chi connectivity index (χ0n) is 11.2. The zero-order valence-corrected chi connectivity index (χ0v) is 12.0. The van der Waals surface area contributed by atoms with Gasteiger partial charge in [-0.1, -0.05) is 12.1 Å². The molecule has 1 saturated heterocycles. The van der Waals surface area contributed by atoms with E-state index in [1.807, 2.05) is 0 Å². The molecule has 1 aliphatic heterocycles. The van der Waals surface area contributed by atoms with Gasteiger partial charge in [-0.05, 0) is 6.07 Å². The molecule has 110 valence electrons. The number of nitrogens with one attached hydrogen (secondary N) is 1. The van der Waals surface area contributed by atoms with Crippen LogP contribution in [0.25, 0.3) is 0 Å². The molecule has 1 fully saturated rings. The van der Waals surface area contributed by atoms with E-state index in [1.54, 1.807) is 18.2 Å². The number of aliphatic hydroxyl groups excluding tert-OH is 1. The van der Waals surface area contributed by atoms with Gasteiger partial charge < -0.3 is 10.4 Å². The normalized spacial score (nSPS) is 17.9. The van der Waals surface area contributed by atoms with Crippen LogP contribution < -0.4 is 5.32 Å². The Morgan fingerprint density at radius 1 is 1.40 bits per heavy atom. The molecule has 2 N–H and O–H groups in total. The van der Waals surface area contributed by atoms with Crippen LogP contribution in [0.5, 0.6) is 0 Å². The van der Waals surface area contributed by atoms with Crippen LogP contribution in [0, 0.1) is 10.1 Å². The third kappa shape index (κ3) is 4.45. The Morgan fingerprint density at radius 2 is 2.10 bits per heavy atom. The highest BCUT2D eigenvalue weighted by atomic mass is 32.2. The molecule has 0 aliphatic carbocycles. The van der Waals surface area contributed by atoms with Crippen LogP contribution in [0.1, 0.15) is 0 Å². The third-order valence-electron chi connectivity index (χ3n) is 3.17. The number of rotatable bonds is 6. The van der Waals surface area contributed by atoms with E-state index < -0.39 is 6.10 Å². The minimum absolute atomic E-state index is 0.104. The highest BCUT2D eigenvalue weighted by Crippen LogP contribution is 2.29. The van der Waals surface area contributed by atoms with E-state index in [4.69, 9.17) is 0 Å². The molecule has 0 saturated carbocycles. The van der Waals surface area contributed by atoms with Crippen molar-refractivity contribution in [2.24, 2.45) is 0 Å². The first-order valence-electron chi connectivity index (χ1n) is 6.64. The second kappa shape index (κ2) is 7.58. The summed E-state index contributed by atoms with van der Waals surface area (Å²) in [5.74, 6) is 0.467. The van der Waals surface area contributed by atoms with Gasteiger partial charge in [-0.2, -0.15) is 0 Å². The molecular weight excluding hydrogens is 278 g/mol. The van der Waals surface area contributed by atoms with Crippen LogP contribution >= 0.6 is 11.8 Å². The first-order chi connectivity index (χ1) is 9.66. The largest absolute Gasteiger partial charge is 0.391 e. The third-order valence-corrected chi connectivity index (χ3v) is 4.38. The summed E-state index contributed by atoms with van der Waals surface area (Å²) < 4.78 is 0. The van der Waals surface area contributed by atoms with Crippen LogP contribution in [0.15, 0.2) is 29.2 Å². The van der Waals surface area contributed by atoms with Crippen molar-refractivity contribution in [2.45, 2.75) is 11.0 Å². The fraction of sp³-hybridized carbons (Fsp3) is 0.538. The van der Waals surface area contributed by atoms with Crippen molar-refractivity contribution >= 4 is 17.4 Å². The first kappa shape index (κ1) is 15.2. The lowest BCUT2D eigenvalue weighted by atomic mass is 10.3. The maximum Gasteiger partial charge on any atom is 0.282 e. The van der Waals surface area contributed by atoms with Gasteiger partial charge in [0.15, 0.2) is 0 Å². The second-order valence-electron chi connectivity index (χ2n) is 4.74. The molecule has 1 atom stereocenters. The Balaban J connectivity index is 1.83. The van der Waals surface area contributed by atoms with Crippen LogP contribution in [-0.4, -0.2) is 59.5 Å². The molecule has 0 radical (unpaired) electrons. The number of nitro groups is 1. The van der Waals surface area contributed by atoms with Crippen molar-refractivity contribution < 1.29 is 10.0 Å². The van der Waals surface area contributed by atoms with Gasteiger partial charge in [-0.3, -0.25) is 15.0 Å². The summed E-state index contributed by atoms with van der Waals surface area (Å²) in [6, 6.07) is 6.64. The van der Waals surface area contributed by atoms with Gasteiger partial charge in [-0.15, -0.1) is 11.8 Å². The average Bonchev–Trinajstić information content (AvgIpc) is 2.46. The number of nitro benzene ring substituents is 1. The lowest BCUT2D eigenvalue weighted by Crippen LogP contribution is -2.46. The molecule has 2 rings (SSSR count). The number of hydrogen-bond donors (Lipinski definition) is 2. The molecule has 0 bridgehead atoms. The summed E-state index contributed by atoms with van der Waals surface area (Å²) in [5, 5.41) is 24.2. The topological polar surface area (TPSA) is 78.6 Å². The minimum Gasteiger partial charge on any atom is -0.391 e. The summed E-state index contributed by atoms with van der Waals surface area (Å²) in [4.78, 5) is 13.3. The number of nitrogens with zero attached hydrogens (tertiary/aromatic N) is 2. The number of piperazine rings is 1. The lowest BCUT2D eigenvalue weighted by molar-refractivity contribution is -0.387. The standard InChI is InChI=1S/C13H19N3O3S/c17-11(9-15-7-5-14-6-8-15)10-20-13-4-2-1-3-12(13)16(18)19/h1-4,11,14,17H,5-10H2. The lowest BCUT2D eigenvalue weighted by Gasteiger charge is -2.28. The van der Waals surface area contributed by atoms with Crippen molar-refractivity contribution in [1.82, 2.24) is 10.2 Å². The van der Waals surface area contributed by atoms with Gasteiger partial charge in [-0.25, -0.2) is 0 Å². The monoisotopic (exact) mass is 297 g/mol. The van der Waals surface area contributed by atoms with Crippen LogP contribution in [0.4, 0.5) is 5.69 Å². The van der Waals surface area contributed by atoms with E-state index in [1.165, 1.54) is 17.8 Å². The van der Waals surface area contributed by atoms with Crippen LogP contribution in [-0.2, 0) is 0 Å². The average molecular weight is 297 g/mol. The highest BCUT2D eigenvalue weighted by Gasteiger charge is 2.17. The van der Waals surface area contributed by atoms with Gasteiger partial charge in [0.05, 0.1) is 15.9 Å². The molecule has 1 heterocycles. The summed E-state index contributed by atoms with van der Waals surface area (Å²) >= 11 is 1.34. The van der Waals surface area contributed by atoms with Crippen molar-refractivity contribution in [1.29, 1.82) is 0 Å². The van der Waals surface area contributed by atoms with Gasteiger partial charge in [0.25, 0.3) is 5.69 Å². The minimum atomic E-state index is -0.474. The Morgan fingerprint density at radius 3 is 2.80 bits per heavy atom. The van der Waals surface area contributed by atoms with Crippen LogP contribution in [0.3, 0.4) is 0 Å². The molecule has 1 aliphatic rings. The van der Waals surface area contributed by atoms with Gasteiger partial charge in [0.1, 0.15) is 0 Å². The highest BCUT2D eigenvalue weighted by molar-refractivity contribution is 7.99. The zero-order chi connectivity index (χ0) is 14.4. The second-order valence-corrected chi connectivity index (χ2v) is 5.80. The summed E-state index contributed by atoms with van der Waals surface area (Å²) in [5.41, 5.74) is 0.104. The number of para-hydroxylation sites is 1. The number of aliphatic hydroxyl groups is 1. The quantitative estimate of drug-likeness (QED) is 0.462. The summed E-state index contributed by atoms with van der Waals surface area (Å²) in [6.45, 7) is 4.39. The fourth-order valence-corrected chi connectivity index (χ4v) is 3.10. The smallest absolute Gasteiger partial charge is 0.282 e. The molecule has 0 amide bonds. The molecule has 1 aromatic rings. The van der Waals surface area contributed by atoms with Gasteiger partial charge in [0.2, 0.25) is 0 Å². The molecule has 0 spiro atoms. The molecule has 1 unspecified atom stereocenters. The summed E-state index contributed by atoms with van der Waals surface area (Å²) in [6.07, 6.45) is -0.474. The van der Waals surface area contributed by atoms with E-state index in [0.29, 0.717) is 17.2 Å². The van der Waals surface area contributed by atoms with E-state index >= 15 is 0 Å². The van der Waals surface area contributed by atoms with Crippen molar-refractivity contribution in [2.75, 3.05) is 38.5 Å². The van der Waals surface area contributed by atoms with Crippen molar-refractivity contribution in [3.8, 4) is 0 Å². The Kier molecular flexibility index (Phi) is 5.78. The Labute approximate surface area is 122 Å². The number of hydrogen-bond acceptors (Lipinski definition) is 6. The van der Waals surface area contributed by atoms with E-state index in [-0.39, 0.29) is 10.6 Å². The van der Waals surface area contributed by atoms with E-state index in [9.17, 15) is 15.2 Å². The molecule has 1 aromatic carbocycles. The molecule has 6 nitrogen and oxygen atoms in total. The van der Waals surface area contributed by atoms with E-state index in [2.05, 4.69) is 10.2 Å². The number of β-amino-alcohol motifs (C(OH)–C–C–N with tert-alkyl or cyclic N) is 1. The molecular formula is C13H19N3O3S. The SMILES string of the molecule is O=[N+]([O-])c1ccccc1SCC(O)CN1CCNCC1. The predicted molar refractivity (Wildman–Crippen MR) is 79.1 cm³/mol. The Hall–Kier alpha value is -1.15. The maximum atomic E-state index is 10.9. The summed E-state index contributed by atoms with van der Waals surface area (Å²) in [7, 11) is 0.